The van der Waals surface area contributed by atoms with Crippen LogP contribution >= 0.6 is 11.6 Å². The third-order valence-corrected chi connectivity index (χ3v) is 4.09. The second-order valence-electron chi connectivity index (χ2n) is 5.97. The zero-order chi connectivity index (χ0) is 18.4. The van der Waals surface area contributed by atoms with Gasteiger partial charge in [0.1, 0.15) is 23.9 Å². The van der Waals surface area contributed by atoms with Gasteiger partial charge in [-0.25, -0.2) is 9.13 Å². The van der Waals surface area contributed by atoms with E-state index in [0.717, 1.165) is 18.7 Å². The van der Waals surface area contributed by atoms with Gasteiger partial charge in [-0.3, -0.25) is 4.99 Å². The Hall–Kier alpha value is -2.31. The van der Waals surface area contributed by atoms with Crippen LogP contribution < -0.4 is 26.3 Å². The van der Waals surface area contributed by atoms with E-state index in [1.165, 1.54) is 0 Å². The number of hydrogen-bond donors (Lipinski definition) is 1. The SMILES string of the molecule is C[n+]1ccn(CCCOc2ccc(C=Nc3ccc(Cl)cc3)c(O)c2)c1.[Br-]. The van der Waals surface area contributed by atoms with Crippen molar-refractivity contribution in [2.45, 2.75) is 13.0 Å². The summed E-state index contributed by atoms with van der Waals surface area (Å²) in [6.45, 7) is 1.47. The highest BCUT2D eigenvalue weighted by molar-refractivity contribution is 6.30. The number of phenolic OH excluding ortho intramolecular Hbond substituents is 1. The highest BCUT2D eigenvalue weighted by Crippen LogP contribution is 2.23. The largest absolute Gasteiger partial charge is 1.00 e. The minimum absolute atomic E-state index is 0. The molecule has 0 radical (unpaired) electrons. The number of aromatic hydroxyl groups is 1. The monoisotopic (exact) mass is 449 g/mol. The average Bonchev–Trinajstić information content (AvgIpc) is 3.05. The summed E-state index contributed by atoms with van der Waals surface area (Å²) in [4.78, 5) is 4.33. The molecule has 142 valence electrons. The van der Waals surface area contributed by atoms with Crippen molar-refractivity contribution in [3.05, 3.63) is 71.8 Å². The first kappa shape index (κ1) is 21.0. The van der Waals surface area contributed by atoms with E-state index < -0.39 is 0 Å². The Morgan fingerprint density at radius 2 is 2.00 bits per heavy atom. The number of hydrogen-bond acceptors (Lipinski definition) is 3. The molecule has 0 bridgehead atoms. The minimum Gasteiger partial charge on any atom is -1.00 e. The van der Waals surface area contributed by atoms with Gasteiger partial charge in [-0.15, -0.1) is 0 Å². The van der Waals surface area contributed by atoms with Crippen LogP contribution in [-0.4, -0.2) is 22.5 Å². The first-order valence-electron chi connectivity index (χ1n) is 8.36. The van der Waals surface area contributed by atoms with Crippen molar-refractivity contribution in [2.24, 2.45) is 12.0 Å². The number of aromatic nitrogens is 2. The van der Waals surface area contributed by atoms with E-state index in [4.69, 9.17) is 16.3 Å². The standard InChI is InChI=1S/C20H20ClN3O2.BrH/c1-23-10-11-24(15-23)9-2-12-26-19-8-3-16(20(25)13-19)14-22-18-6-4-17(21)5-7-18;/h3-8,10-11,13-15H,2,9,12H2,1H3;1H. The van der Waals surface area contributed by atoms with Crippen molar-refractivity contribution in [1.82, 2.24) is 4.57 Å². The molecule has 7 heteroatoms. The Kier molecular flexibility index (Phi) is 7.88. The van der Waals surface area contributed by atoms with Crippen LogP contribution in [0, 0.1) is 0 Å². The third-order valence-electron chi connectivity index (χ3n) is 3.83. The van der Waals surface area contributed by atoms with Gasteiger partial charge in [-0.05, 0) is 36.4 Å². The molecule has 2 aromatic carbocycles. The fraction of sp³-hybridized carbons (Fsp3) is 0.200. The zero-order valence-corrected chi connectivity index (χ0v) is 17.3. The molecule has 1 N–H and O–H groups in total. The molecule has 0 spiro atoms. The summed E-state index contributed by atoms with van der Waals surface area (Å²) in [6.07, 6.45) is 8.56. The number of ether oxygens (including phenoxy) is 1. The summed E-state index contributed by atoms with van der Waals surface area (Å²) in [7, 11) is 1.99. The molecule has 0 saturated carbocycles. The van der Waals surface area contributed by atoms with E-state index in [1.807, 2.05) is 48.5 Å². The van der Waals surface area contributed by atoms with Gasteiger partial charge in [0.25, 0.3) is 0 Å². The maximum absolute atomic E-state index is 10.2. The minimum atomic E-state index is 0. The molecule has 3 rings (SSSR count). The van der Waals surface area contributed by atoms with Crippen LogP contribution in [0.4, 0.5) is 5.69 Å². The van der Waals surface area contributed by atoms with Gasteiger partial charge in [0.15, 0.2) is 0 Å². The highest BCUT2D eigenvalue weighted by atomic mass is 79.9. The topological polar surface area (TPSA) is 50.6 Å². The van der Waals surface area contributed by atoms with Gasteiger partial charge in [0.2, 0.25) is 6.33 Å². The summed E-state index contributed by atoms with van der Waals surface area (Å²) >= 11 is 5.85. The fourth-order valence-corrected chi connectivity index (χ4v) is 2.59. The predicted molar refractivity (Wildman–Crippen MR) is 103 cm³/mol. The zero-order valence-electron chi connectivity index (χ0n) is 14.9. The van der Waals surface area contributed by atoms with Crippen molar-refractivity contribution in [3.63, 3.8) is 0 Å². The van der Waals surface area contributed by atoms with Gasteiger partial charge >= 0.3 is 0 Å². The van der Waals surface area contributed by atoms with Crippen LogP contribution in [-0.2, 0) is 13.6 Å². The number of halogens is 2. The quantitative estimate of drug-likeness (QED) is 0.330. The lowest BCUT2D eigenvalue weighted by Crippen LogP contribution is -3.00. The molecular weight excluding hydrogens is 430 g/mol. The number of aliphatic imine (C=N–C) groups is 1. The van der Waals surface area contributed by atoms with Crippen molar-refractivity contribution in [3.8, 4) is 11.5 Å². The average molecular weight is 451 g/mol. The summed E-state index contributed by atoms with van der Waals surface area (Å²) in [5.41, 5.74) is 1.40. The number of phenols is 1. The van der Waals surface area contributed by atoms with Crippen molar-refractivity contribution < 1.29 is 31.4 Å². The Morgan fingerprint density at radius 3 is 2.67 bits per heavy atom. The summed E-state index contributed by atoms with van der Waals surface area (Å²) in [5.74, 6) is 0.779. The molecule has 3 aromatic rings. The summed E-state index contributed by atoms with van der Waals surface area (Å²) < 4.78 is 9.82. The maximum atomic E-state index is 10.2. The van der Waals surface area contributed by atoms with Gasteiger partial charge in [0.05, 0.1) is 25.9 Å². The molecule has 0 saturated heterocycles. The van der Waals surface area contributed by atoms with Crippen LogP contribution in [0.2, 0.25) is 5.02 Å². The van der Waals surface area contributed by atoms with E-state index in [-0.39, 0.29) is 22.7 Å². The molecule has 0 unspecified atom stereocenters. The van der Waals surface area contributed by atoms with Gasteiger partial charge in [0, 0.05) is 29.3 Å². The Bertz CT molecular complexity index is 894. The van der Waals surface area contributed by atoms with E-state index >= 15 is 0 Å². The number of imidazole rings is 1. The molecule has 0 aliphatic carbocycles. The third kappa shape index (κ3) is 6.41. The predicted octanol–water partition coefficient (Wildman–Crippen LogP) is 0.895. The first-order valence-corrected chi connectivity index (χ1v) is 8.74. The second kappa shape index (κ2) is 10.1. The van der Waals surface area contributed by atoms with Crippen LogP contribution in [0.3, 0.4) is 0 Å². The van der Waals surface area contributed by atoms with Crippen LogP contribution in [0.1, 0.15) is 12.0 Å². The van der Waals surface area contributed by atoms with E-state index in [2.05, 4.69) is 9.56 Å². The summed E-state index contributed by atoms with van der Waals surface area (Å²) in [5, 5.41) is 10.8. The Labute approximate surface area is 174 Å². The maximum Gasteiger partial charge on any atom is 0.243 e. The van der Waals surface area contributed by atoms with E-state index in [0.29, 0.717) is 22.9 Å². The molecule has 1 aromatic heterocycles. The van der Waals surface area contributed by atoms with Crippen molar-refractivity contribution >= 4 is 23.5 Å². The molecule has 0 fully saturated rings. The Balaban J connectivity index is 0.00000261. The van der Waals surface area contributed by atoms with Gasteiger partial charge in [-0.1, -0.05) is 11.6 Å². The van der Waals surface area contributed by atoms with Crippen molar-refractivity contribution in [1.29, 1.82) is 0 Å². The van der Waals surface area contributed by atoms with Crippen LogP contribution in [0.5, 0.6) is 11.5 Å². The molecule has 0 amide bonds. The lowest BCUT2D eigenvalue weighted by atomic mass is 10.2. The lowest BCUT2D eigenvalue weighted by Gasteiger charge is -2.07. The lowest BCUT2D eigenvalue weighted by molar-refractivity contribution is -0.671. The van der Waals surface area contributed by atoms with Crippen molar-refractivity contribution in [2.75, 3.05) is 6.61 Å². The molecule has 0 aliphatic heterocycles. The molecule has 0 aliphatic rings. The van der Waals surface area contributed by atoms with Crippen LogP contribution in [0.15, 0.2) is 66.2 Å². The number of rotatable bonds is 7. The smallest absolute Gasteiger partial charge is 0.243 e. The van der Waals surface area contributed by atoms with Gasteiger partial charge < -0.3 is 26.8 Å². The molecular formula is C20H21BrClN3O2. The second-order valence-corrected chi connectivity index (χ2v) is 6.41. The van der Waals surface area contributed by atoms with Gasteiger partial charge in [-0.2, -0.15) is 0 Å². The molecule has 1 heterocycles. The number of aryl methyl sites for hydroxylation is 2. The normalized spacial score (nSPS) is 10.7. The number of benzene rings is 2. The highest BCUT2D eigenvalue weighted by Gasteiger charge is 2.03. The molecule has 5 nitrogen and oxygen atoms in total. The number of nitrogens with zero attached hydrogens (tertiary/aromatic N) is 3. The fourth-order valence-electron chi connectivity index (χ4n) is 2.46. The summed E-state index contributed by atoms with van der Waals surface area (Å²) in [6, 6.07) is 12.4. The van der Waals surface area contributed by atoms with E-state index in [9.17, 15) is 5.11 Å². The molecule has 27 heavy (non-hydrogen) atoms. The Morgan fingerprint density at radius 1 is 1.22 bits per heavy atom. The van der Waals surface area contributed by atoms with Crippen LogP contribution in [0.25, 0.3) is 0 Å². The first-order chi connectivity index (χ1) is 12.6. The molecule has 0 atom stereocenters. The van der Waals surface area contributed by atoms with E-state index in [1.54, 1.807) is 30.5 Å².